The fraction of sp³-hybridized carbons (Fsp3) is 0.333. The lowest BCUT2D eigenvalue weighted by molar-refractivity contribution is -0.132. The highest BCUT2D eigenvalue weighted by Gasteiger charge is 1.98. The monoisotopic (exact) mass is 196 g/mol. The third-order valence-electron chi connectivity index (χ3n) is 1.69. The molecule has 5 heteroatoms. The third-order valence-corrected chi connectivity index (χ3v) is 1.69. The molecule has 14 heavy (non-hydrogen) atoms. The van der Waals surface area contributed by atoms with Crippen LogP contribution in [0.4, 0.5) is 0 Å². The number of hydrogen-bond donors (Lipinski definition) is 2. The van der Waals surface area contributed by atoms with Crippen LogP contribution in [-0.2, 0) is 11.3 Å². The van der Waals surface area contributed by atoms with Gasteiger partial charge in [-0.15, -0.1) is 0 Å². The lowest BCUT2D eigenvalue weighted by Crippen LogP contribution is -2.14. The Labute approximate surface area is 81.4 Å². The van der Waals surface area contributed by atoms with Gasteiger partial charge in [0, 0.05) is 24.7 Å². The van der Waals surface area contributed by atoms with Crippen LogP contribution in [0.5, 0.6) is 0 Å². The molecule has 0 aliphatic carbocycles. The van der Waals surface area contributed by atoms with Gasteiger partial charge in [-0.25, -0.2) is 4.79 Å². The maximum Gasteiger partial charge on any atom is 0.330 e. The second-order valence-corrected chi connectivity index (χ2v) is 2.81. The molecule has 0 saturated heterocycles. The minimum Gasteiger partial charge on any atom is -0.478 e. The topological polar surface area (TPSA) is 75.4 Å². The molecule has 0 atom stereocenters. The fourth-order valence-corrected chi connectivity index (χ4v) is 0.842. The highest BCUT2D eigenvalue weighted by atomic mass is 16.5. The molecule has 0 radical (unpaired) electrons. The fourth-order valence-electron chi connectivity index (χ4n) is 0.842. The van der Waals surface area contributed by atoms with Gasteiger partial charge in [0.1, 0.15) is 6.26 Å². The van der Waals surface area contributed by atoms with Gasteiger partial charge in [-0.2, -0.15) is 0 Å². The summed E-state index contributed by atoms with van der Waals surface area (Å²) in [7, 11) is 0. The first-order chi connectivity index (χ1) is 6.70. The summed E-state index contributed by atoms with van der Waals surface area (Å²) in [6.07, 6.45) is 3.11. The number of carboxylic acid groups (broad SMARTS) is 1. The number of carboxylic acids is 1. The molecule has 0 amide bonds. The molecule has 0 spiro atoms. The summed E-state index contributed by atoms with van der Waals surface area (Å²) in [6, 6.07) is 1.75. The van der Waals surface area contributed by atoms with Crippen LogP contribution in [0.15, 0.2) is 28.5 Å². The maximum absolute atomic E-state index is 10.4. The predicted molar refractivity (Wildman–Crippen MR) is 49.6 cm³/mol. The molecule has 0 aromatic carbocycles. The standard InChI is InChI=1S/C9H12N2O3/c1-7(9(12)13)2-4-10-6-8-3-5-14-11-8/h2-3,5,10H,4,6H2,1H3,(H,12,13)/b7-2-. The van der Waals surface area contributed by atoms with E-state index in [1.165, 1.54) is 6.26 Å². The first kappa shape index (κ1) is 10.5. The minimum atomic E-state index is -0.895. The van der Waals surface area contributed by atoms with Crippen LogP contribution in [0.25, 0.3) is 0 Å². The summed E-state index contributed by atoms with van der Waals surface area (Å²) >= 11 is 0. The van der Waals surface area contributed by atoms with E-state index in [4.69, 9.17) is 5.11 Å². The Hall–Kier alpha value is -1.62. The van der Waals surface area contributed by atoms with Crippen molar-refractivity contribution in [3.63, 3.8) is 0 Å². The Bertz CT molecular complexity index is 317. The third kappa shape index (κ3) is 3.40. The van der Waals surface area contributed by atoms with Gasteiger partial charge >= 0.3 is 5.97 Å². The lowest BCUT2D eigenvalue weighted by Gasteiger charge is -1.97. The molecule has 1 aromatic heterocycles. The second kappa shape index (κ2) is 5.18. The van der Waals surface area contributed by atoms with Crippen LogP contribution < -0.4 is 5.32 Å². The SMILES string of the molecule is C/C(=C/CNCc1ccon1)C(=O)O. The highest BCUT2D eigenvalue weighted by Crippen LogP contribution is 1.93. The van der Waals surface area contributed by atoms with Gasteiger partial charge in [0.05, 0.1) is 5.69 Å². The molecular formula is C9H12N2O3. The van der Waals surface area contributed by atoms with Crippen molar-refractivity contribution in [3.8, 4) is 0 Å². The Balaban J connectivity index is 2.23. The predicted octanol–water partition coefficient (Wildman–Crippen LogP) is 0.795. The van der Waals surface area contributed by atoms with Gasteiger partial charge < -0.3 is 14.9 Å². The molecule has 76 valence electrons. The average molecular weight is 196 g/mol. The van der Waals surface area contributed by atoms with Crippen LogP contribution in [0.2, 0.25) is 0 Å². The number of nitrogens with zero attached hydrogens (tertiary/aromatic N) is 1. The molecule has 2 N–H and O–H groups in total. The smallest absolute Gasteiger partial charge is 0.330 e. The van der Waals surface area contributed by atoms with Crippen LogP contribution in [0.1, 0.15) is 12.6 Å². The molecule has 0 unspecified atom stereocenters. The summed E-state index contributed by atoms with van der Waals surface area (Å²) in [5.74, 6) is -0.895. The van der Waals surface area contributed by atoms with Gasteiger partial charge in [0.25, 0.3) is 0 Å². The van der Waals surface area contributed by atoms with Gasteiger partial charge in [0.2, 0.25) is 0 Å². The molecule has 5 nitrogen and oxygen atoms in total. The number of aliphatic carboxylic acids is 1. The highest BCUT2D eigenvalue weighted by molar-refractivity contribution is 5.85. The molecule has 0 aliphatic rings. The number of nitrogens with one attached hydrogen (secondary N) is 1. The number of aromatic nitrogens is 1. The zero-order valence-electron chi connectivity index (χ0n) is 7.86. The number of hydrogen-bond acceptors (Lipinski definition) is 4. The maximum atomic E-state index is 10.4. The summed E-state index contributed by atoms with van der Waals surface area (Å²) in [4.78, 5) is 10.4. The molecule has 1 heterocycles. The first-order valence-corrected chi connectivity index (χ1v) is 4.20. The normalized spacial score (nSPS) is 11.6. The summed E-state index contributed by atoms with van der Waals surface area (Å²) in [5, 5.41) is 15.2. The molecule has 0 fully saturated rings. The van der Waals surface area contributed by atoms with Crippen molar-refractivity contribution in [2.24, 2.45) is 0 Å². The molecule has 0 saturated carbocycles. The van der Waals surface area contributed by atoms with Gasteiger partial charge in [0.15, 0.2) is 0 Å². The van der Waals surface area contributed by atoms with Crippen molar-refractivity contribution in [2.75, 3.05) is 6.54 Å². The van der Waals surface area contributed by atoms with Crippen molar-refractivity contribution >= 4 is 5.97 Å². The summed E-state index contributed by atoms with van der Waals surface area (Å²) < 4.78 is 4.63. The Morgan fingerprint density at radius 3 is 3.14 bits per heavy atom. The van der Waals surface area contributed by atoms with Crippen molar-refractivity contribution in [1.29, 1.82) is 0 Å². The zero-order chi connectivity index (χ0) is 10.4. The van der Waals surface area contributed by atoms with E-state index in [1.807, 2.05) is 0 Å². The Morgan fingerprint density at radius 2 is 2.57 bits per heavy atom. The van der Waals surface area contributed by atoms with E-state index in [9.17, 15) is 4.79 Å². The van der Waals surface area contributed by atoms with Crippen LogP contribution in [-0.4, -0.2) is 22.8 Å². The molecular weight excluding hydrogens is 184 g/mol. The number of rotatable bonds is 5. The summed E-state index contributed by atoms with van der Waals surface area (Å²) in [6.45, 7) is 2.63. The van der Waals surface area contributed by atoms with Crippen molar-refractivity contribution < 1.29 is 14.4 Å². The van der Waals surface area contributed by atoms with Gasteiger partial charge in [-0.3, -0.25) is 0 Å². The average Bonchev–Trinajstić information content (AvgIpc) is 2.64. The van der Waals surface area contributed by atoms with E-state index in [0.717, 1.165) is 5.69 Å². The van der Waals surface area contributed by atoms with Gasteiger partial charge in [-0.05, 0) is 6.92 Å². The molecule has 0 aliphatic heterocycles. The quantitative estimate of drug-likeness (QED) is 0.538. The first-order valence-electron chi connectivity index (χ1n) is 4.20. The minimum absolute atomic E-state index is 0.331. The number of carbonyl (C=O) groups is 1. The van der Waals surface area contributed by atoms with Crippen LogP contribution in [0, 0.1) is 0 Å². The molecule has 1 aromatic rings. The van der Waals surface area contributed by atoms with E-state index >= 15 is 0 Å². The van der Waals surface area contributed by atoms with Crippen LogP contribution >= 0.6 is 0 Å². The molecule has 0 bridgehead atoms. The van der Waals surface area contributed by atoms with E-state index in [2.05, 4.69) is 15.0 Å². The van der Waals surface area contributed by atoms with Crippen molar-refractivity contribution in [2.45, 2.75) is 13.5 Å². The van der Waals surface area contributed by atoms with Crippen LogP contribution in [0.3, 0.4) is 0 Å². The lowest BCUT2D eigenvalue weighted by atomic mass is 10.3. The van der Waals surface area contributed by atoms with Crippen molar-refractivity contribution in [3.05, 3.63) is 29.7 Å². The summed E-state index contributed by atoms with van der Waals surface area (Å²) in [5.41, 5.74) is 1.13. The largest absolute Gasteiger partial charge is 0.478 e. The van der Waals surface area contributed by atoms with E-state index in [1.54, 1.807) is 19.1 Å². The Morgan fingerprint density at radius 1 is 1.79 bits per heavy atom. The van der Waals surface area contributed by atoms with Gasteiger partial charge in [-0.1, -0.05) is 11.2 Å². The second-order valence-electron chi connectivity index (χ2n) is 2.81. The Kier molecular flexibility index (Phi) is 3.87. The van der Waals surface area contributed by atoms with Crippen molar-refractivity contribution in [1.82, 2.24) is 10.5 Å². The zero-order valence-corrected chi connectivity index (χ0v) is 7.86. The van der Waals surface area contributed by atoms with E-state index in [0.29, 0.717) is 18.7 Å². The van der Waals surface area contributed by atoms with E-state index < -0.39 is 5.97 Å². The molecule has 1 rings (SSSR count). The van der Waals surface area contributed by atoms with E-state index in [-0.39, 0.29) is 0 Å².